The van der Waals surface area contributed by atoms with E-state index in [1.807, 2.05) is 6.07 Å². The number of carbonyl (C=O) groups is 1. The van der Waals surface area contributed by atoms with E-state index >= 15 is 0 Å². The Morgan fingerprint density at radius 2 is 1.77 bits per heavy atom. The van der Waals surface area contributed by atoms with Crippen LogP contribution in [0.4, 0.5) is 18.9 Å². The van der Waals surface area contributed by atoms with Gasteiger partial charge in [0, 0.05) is 44.0 Å². The van der Waals surface area contributed by atoms with E-state index in [0.29, 0.717) is 38.3 Å². The summed E-state index contributed by atoms with van der Waals surface area (Å²) in [7, 11) is -3.21. The molecule has 0 aromatic heterocycles. The Bertz CT molecular complexity index is 1070. The van der Waals surface area contributed by atoms with E-state index in [2.05, 4.69) is 10.2 Å². The molecular weight excluding hydrogens is 455 g/mol. The monoisotopic (exact) mass is 475 g/mol. The van der Waals surface area contributed by atoms with Crippen LogP contribution in [-0.2, 0) is 22.7 Å². The standard InChI is InChI=1S/C20H21ClF3N3O3S/c1-31(29,30)27-9-7-26(8-10-27)13-14-3-2-4-15(11-14)19(28)25-16-5-6-18(21)17(12-16)20(22,23)24/h2-6,11-12H,7-10,13H2,1H3,(H,25,28). The van der Waals surface area contributed by atoms with Gasteiger partial charge < -0.3 is 5.32 Å². The maximum atomic E-state index is 13.0. The van der Waals surface area contributed by atoms with Gasteiger partial charge in [0.2, 0.25) is 10.0 Å². The number of hydrogen-bond donors (Lipinski definition) is 1. The molecule has 0 atom stereocenters. The smallest absolute Gasteiger partial charge is 0.322 e. The third kappa shape index (κ3) is 6.19. The van der Waals surface area contributed by atoms with Gasteiger partial charge in [0.15, 0.2) is 0 Å². The van der Waals surface area contributed by atoms with Crippen LogP contribution >= 0.6 is 11.6 Å². The minimum Gasteiger partial charge on any atom is -0.322 e. The van der Waals surface area contributed by atoms with Gasteiger partial charge in [-0.15, -0.1) is 0 Å². The van der Waals surface area contributed by atoms with Crippen LogP contribution < -0.4 is 5.32 Å². The number of piperazine rings is 1. The van der Waals surface area contributed by atoms with Crippen molar-refractivity contribution in [3.05, 3.63) is 64.2 Å². The van der Waals surface area contributed by atoms with Crippen molar-refractivity contribution < 1.29 is 26.4 Å². The second-order valence-electron chi connectivity index (χ2n) is 7.29. The Morgan fingerprint density at radius 3 is 2.39 bits per heavy atom. The van der Waals surface area contributed by atoms with Crippen molar-refractivity contribution in [3.8, 4) is 0 Å². The summed E-state index contributed by atoms with van der Waals surface area (Å²) < 4.78 is 63.7. The van der Waals surface area contributed by atoms with Gasteiger partial charge in [0.25, 0.3) is 5.91 Å². The first-order valence-electron chi connectivity index (χ1n) is 9.38. The highest BCUT2D eigenvalue weighted by atomic mass is 35.5. The summed E-state index contributed by atoms with van der Waals surface area (Å²) in [5.41, 5.74) is 0.112. The van der Waals surface area contributed by atoms with Gasteiger partial charge >= 0.3 is 6.18 Å². The molecule has 0 spiro atoms. The van der Waals surface area contributed by atoms with Gasteiger partial charge in [-0.3, -0.25) is 9.69 Å². The lowest BCUT2D eigenvalue weighted by Crippen LogP contribution is -2.47. The Hall–Kier alpha value is -2.14. The van der Waals surface area contributed by atoms with Crippen LogP contribution in [0.5, 0.6) is 0 Å². The number of sulfonamides is 1. The molecule has 0 aliphatic carbocycles. The lowest BCUT2D eigenvalue weighted by atomic mass is 10.1. The first-order chi connectivity index (χ1) is 14.4. The molecule has 1 aliphatic rings. The fraction of sp³-hybridized carbons (Fsp3) is 0.350. The Morgan fingerprint density at radius 1 is 1.10 bits per heavy atom. The number of hydrogen-bond acceptors (Lipinski definition) is 4. The van der Waals surface area contributed by atoms with Gasteiger partial charge in [0.05, 0.1) is 16.8 Å². The number of carbonyl (C=O) groups excluding carboxylic acids is 1. The lowest BCUT2D eigenvalue weighted by molar-refractivity contribution is -0.137. The predicted octanol–water partition coefficient (Wildman–Crippen LogP) is 3.69. The third-order valence-electron chi connectivity index (χ3n) is 4.93. The zero-order valence-corrected chi connectivity index (χ0v) is 18.2. The molecule has 168 valence electrons. The number of nitrogens with zero attached hydrogens (tertiary/aromatic N) is 2. The molecule has 0 bridgehead atoms. The largest absolute Gasteiger partial charge is 0.417 e. The van der Waals surface area contributed by atoms with Gasteiger partial charge in [-0.2, -0.15) is 17.5 Å². The summed E-state index contributed by atoms with van der Waals surface area (Å²) in [4.78, 5) is 14.6. The summed E-state index contributed by atoms with van der Waals surface area (Å²) in [6.45, 7) is 2.45. The van der Waals surface area contributed by atoms with E-state index in [1.165, 1.54) is 16.6 Å². The van der Waals surface area contributed by atoms with E-state index < -0.39 is 32.7 Å². The molecule has 0 unspecified atom stereocenters. The molecule has 1 heterocycles. The van der Waals surface area contributed by atoms with E-state index in [1.54, 1.807) is 18.2 Å². The summed E-state index contributed by atoms with van der Waals surface area (Å²) in [6.07, 6.45) is -3.44. The van der Waals surface area contributed by atoms with E-state index in [4.69, 9.17) is 11.6 Å². The Kier molecular flexibility index (Phi) is 6.95. The molecule has 2 aromatic rings. The minimum atomic E-state index is -4.63. The Labute approximate surface area is 183 Å². The molecule has 1 fully saturated rings. The quantitative estimate of drug-likeness (QED) is 0.716. The molecule has 6 nitrogen and oxygen atoms in total. The van der Waals surface area contributed by atoms with E-state index in [9.17, 15) is 26.4 Å². The average molecular weight is 476 g/mol. The second-order valence-corrected chi connectivity index (χ2v) is 9.67. The minimum absolute atomic E-state index is 0.0102. The normalized spacial score (nSPS) is 16.3. The molecule has 0 saturated carbocycles. The first-order valence-corrected chi connectivity index (χ1v) is 11.6. The fourth-order valence-electron chi connectivity index (χ4n) is 3.31. The van der Waals surface area contributed by atoms with Crippen molar-refractivity contribution in [2.45, 2.75) is 12.7 Å². The number of amides is 1. The van der Waals surface area contributed by atoms with Crippen LogP contribution in [0.15, 0.2) is 42.5 Å². The van der Waals surface area contributed by atoms with Crippen LogP contribution in [0.1, 0.15) is 21.5 Å². The number of nitrogens with one attached hydrogen (secondary N) is 1. The number of halogens is 4. The molecule has 0 radical (unpaired) electrons. The van der Waals surface area contributed by atoms with Crippen LogP contribution in [0.3, 0.4) is 0 Å². The lowest BCUT2D eigenvalue weighted by Gasteiger charge is -2.33. The highest BCUT2D eigenvalue weighted by Crippen LogP contribution is 2.36. The maximum Gasteiger partial charge on any atom is 0.417 e. The number of anilines is 1. The summed E-state index contributed by atoms with van der Waals surface area (Å²) in [5, 5.41) is 2.03. The molecule has 31 heavy (non-hydrogen) atoms. The molecule has 1 aliphatic heterocycles. The van der Waals surface area contributed by atoms with Crippen LogP contribution in [0, 0.1) is 0 Å². The van der Waals surface area contributed by atoms with Gasteiger partial charge in [-0.1, -0.05) is 23.7 Å². The highest BCUT2D eigenvalue weighted by Gasteiger charge is 2.33. The Balaban J connectivity index is 1.66. The SMILES string of the molecule is CS(=O)(=O)N1CCN(Cc2cccc(C(=O)Nc3ccc(Cl)c(C(F)(F)F)c3)c2)CC1. The van der Waals surface area contributed by atoms with Gasteiger partial charge in [-0.25, -0.2) is 8.42 Å². The molecular formula is C20H21ClF3N3O3S. The highest BCUT2D eigenvalue weighted by molar-refractivity contribution is 7.88. The maximum absolute atomic E-state index is 13.0. The molecule has 1 saturated heterocycles. The first kappa shape index (κ1) is 23.5. The zero-order valence-electron chi connectivity index (χ0n) is 16.6. The topological polar surface area (TPSA) is 69.7 Å². The van der Waals surface area contributed by atoms with Crippen molar-refractivity contribution in [3.63, 3.8) is 0 Å². The van der Waals surface area contributed by atoms with E-state index in [0.717, 1.165) is 17.7 Å². The van der Waals surface area contributed by atoms with Crippen molar-refractivity contribution in [2.24, 2.45) is 0 Å². The molecule has 11 heteroatoms. The van der Waals surface area contributed by atoms with Gasteiger partial charge in [-0.05, 0) is 35.9 Å². The zero-order chi connectivity index (χ0) is 22.8. The molecule has 1 amide bonds. The summed E-state index contributed by atoms with van der Waals surface area (Å²) in [6, 6.07) is 9.96. The number of benzene rings is 2. The summed E-state index contributed by atoms with van der Waals surface area (Å²) in [5.74, 6) is -0.542. The van der Waals surface area contributed by atoms with Gasteiger partial charge in [0.1, 0.15) is 0 Å². The average Bonchev–Trinajstić information content (AvgIpc) is 2.68. The van der Waals surface area contributed by atoms with Crippen molar-refractivity contribution in [1.82, 2.24) is 9.21 Å². The number of alkyl halides is 3. The molecule has 1 N–H and O–H groups in total. The molecule has 3 rings (SSSR count). The van der Waals surface area contributed by atoms with Crippen LogP contribution in [0.25, 0.3) is 0 Å². The van der Waals surface area contributed by atoms with Crippen molar-refractivity contribution >= 4 is 33.2 Å². The molecule has 2 aromatic carbocycles. The predicted molar refractivity (Wildman–Crippen MR) is 113 cm³/mol. The summed E-state index contributed by atoms with van der Waals surface area (Å²) >= 11 is 5.61. The van der Waals surface area contributed by atoms with Crippen molar-refractivity contribution in [2.75, 3.05) is 37.8 Å². The second kappa shape index (κ2) is 9.15. The fourth-order valence-corrected chi connectivity index (χ4v) is 4.36. The number of rotatable bonds is 5. The van der Waals surface area contributed by atoms with Crippen LogP contribution in [-0.4, -0.2) is 56.0 Å². The van der Waals surface area contributed by atoms with E-state index in [-0.39, 0.29) is 5.69 Å². The van der Waals surface area contributed by atoms with Crippen LogP contribution in [0.2, 0.25) is 5.02 Å². The third-order valence-corrected chi connectivity index (χ3v) is 6.56. The van der Waals surface area contributed by atoms with Crippen molar-refractivity contribution in [1.29, 1.82) is 0 Å².